The van der Waals surface area contributed by atoms with Gasteiger partial charge < -0.3 is 20.0 Å². The molecule has 4 rings (SSSR count). The molecule has 130 valence electrons. The molecule has 2 fully saturated rings. The number of para-hydroxylation sites is 1. The van der Waals surface area contributed by atoms with Crippen molar-refractivity contribution in [3.63, 3.8) is 0 Å². The Hall–Kier alpha value is -2.76. The lowest BCUT2D eigenvalue weighted by Crippen LogP contribution is -2.46. The third-order valence-electron chi connectivity index (χ3n) is 5.22. The van der Waals surface area contributed by atoms with Crippen LogP contribution in [0.2, 0.25) is 0 Å². The molecular weight excluding hydrogens is 318 g/mol. The first-order chi connectivity index (χ1) is 12.1. The van der Waals surface area contributed by atoms with Gasteiger partial charge in [-0.1, -0.05) is 18.2 Å². The van der Waals surface area contributed by atoms with Gasteiger partial charge >= 0.3 is 6.03 Å². The molecule has 6 heteroatoms. The summed E-state index contributed by atoms with van der Waals surface area (Å²) < 4.78 is 5.15. The lowest BCUT2D eigenvalue weighted by molar-refractivity contribution is 0.0899. The van der Waals surface area contributed by atoms with Gasteiger partial charge in [-0.3, -0.25) is 4.79 Å². The van der Waals surface area contributed by atoms with E-state index < -0.39 is 0 Å². The Kier molecular flexibility index (Phi) is 3.95. The minimum Gasteiger partial charge on any atom is -0.459 e. The molecule has 1 aromatic carbocycles. The number of aryl methyl sites for hydroxylation is 1. The third kappa shape index (κ3) is 2.88. The number of fused-ring (bicyclic) bond motifs is 2. The van der Waals surface area contributed by atoms with Gasteiger partial charge in [0.15, 0.2) is 5.76 Å². The molecule has 2 aromatic rings. The molecule has 0 saturated carbocycles. The van der Waals surface area contributed by atoms with E-state index in [1.807, 2.05) is 36.1 Å². The number of hydrogen-bond donors (Lipinski definition) is 2. The summed E-state index contributed by atoms with van der Waals surface area (Å²) in [5, 5.41) is 6.03. The first-order valence-corrected chi connectivity index (χ1v) is 8.63. The van der Waals surface area contributed by atoms with Gasteiger partial charge in [-0.2, -0.15) is 0 Å². The Morgan fingerprint density at radius 2 is 2.00 bits per heavy atom. The molecule has 0 radical (unpaired) electrons. The number of carbonyl (C=O) groups is 2. The number of urea groups is 1. The second-order valence-electron chi connectivity index (χ2n) is 6.74. The molecule has 0 unspecified atom stereocenters. The van der Waals surface area contributed by atoms with Crippen LogP contribution in [-0.2, 0) is 0 Å². The molecule has 2 bridgehead atoms. The fraction of sp³-hybridized carbons (Fsp3) is 0.368. The molecule has 3 atom stereocenters. The average molecular weight is 339 g/mol. The quantitative estimate of drug-likeness (QED) is 0.902. The number of carbonyl (C=O) groups excluding carboxylic acids is 2. The van der Waals surface area contributed by atoms with Crippen molar-refractivity contribution in [2.75, 3.05) is 5.32 Å². The van der Waals surface area contributed by atoms with E-state index in [0.29, 0.717) is 5.76 Å². The van der Waals surface area contributed by atoms with Crippen LogP contribution < -0.4 is 10.6 Å². The van der Waals surface area contributed by atoms with Crippen LogP contribution in [0.3, 0.4) is 0 Å². The average Bonchev–Trinajstić information content (AvgIpc) is 3.32. The van der Waals surface area contributed by atoms with Crippen molar-refractivity contribution in [3.05, 3.63) is 54.0 Å². The lowest BCUT2D eigenvalue weighted by Gasteiger charge is -2.25. The second-order valence-corrected chi connectivity index (χ2v) is 6.74. The zero-order chi connectivity index (χ0) is 17.4. The van der Waals surface area contributed by atoms with Crippen molar-refractivity contribution < 1.29 is 14.0 Å². The molecule has 2 aliphatic rings. The Balaban J connectivity index is 1.44. The Labute approximate surface area is 146 Å². The second kappa shape index (κ2) is 6.27. The van der Waals surface area contributed by atoms with Crippen LogP contribution in [0.15, 0.2) is 47.1 Å². The summed E-state index contributed by atoms with van der Waals surface area (Å²) in [4.78, 5) is 26.9. The third-order valence-corrected chi connectivity index (χ3v) is 5.22. The molecule has 6 nitrogen and oxygen atoms in total. The Morgan fingerprint density at radius 3 is 2.76 bits per heavy atom. The summed E-state index contributed by atoms with van der Waals surface area (Å²) in [6.45, 7) is 1.97. The molecule has 25 heavy (non-hydrogen) atoms. The van der Waals surface area contributed by atoms with Gasteiger partial charge in [-0.05, 0) is 49.9 Å². The van der Waals surface area contributed by atoms with Crippen LogP contribution >= 0.6 is 0 Å². The van der Waals surface area contributed by atoms with Crippen molar-refractivity contribution in [1.29, 1.82) is 0 Å². The van der Waals surface area contributed by atoms with Crippen molar-refractivity contribution in [2.24, 2.45) is 0 Å². The van der Waals surface area contributed by atoms with E-state index in [1.165, 1.54) is 6.26 Å². The van der Waals surface area contributed by atoms with Crippen LogP contribution in [0.5, 0.6) is 0 Å². The number of nitrogens with zero attached hydrogens (tertiary/aromatic N) is 1. The summed E-state index contributed by atoms with van der Waals surface area (Å²) in [5.74, 6) is 0.0838. The SMILES string of the molecule is Cc1ccccc1NC(=O)N1[C@H]2CC[C@H]1[C@H](NC(=O)c1ccco1)C2. The van der Waals surface area contributed by atoms with Crippen molar-refractivity contribution in [1.82, 2.24) is 10.2 Å². The molecule has 2 aliphatic heterocycles. The molecule has 3 heterocycles. The van der Waals surface area contributed by atoms with Gasteiger partial charge in [0.05, 0.1) is 18.3 Å². The topological polar surface area (TPSA) is 74.6 Å². The normalized spacial score (nSPS) is 24.4. The smallest absolute Gasteiger partial charge is 0.322 e. The zero-order valence-corrected chi connectivity index (χ0v) is 14.1. The highest BCUT2D eigenvalue weighted by molar-refractivity contribution is 5.93. The fourth-order valence-corrected chi connectivity index (χ4v) is 4.00. The number of nitrogens with one attached hydrogen (secondary N) is 2. The van der Waals surface area contributed by atoms with Crippen LogP contribution in [0, 0.1) is 6.92 Å². The summed E-state index contributed by atoms with van der Waals surface area (Å²) >= 11 is 0. The minimum atomic E-state index is -0.221. The maximum Gasteiger partial charge on any atom is 0.322 e. The first-order valence-electron chi connectivity index (χ1n) is 8.63. The number of benzene rings is 1. The summed E-state index contributed by atoms with van der Waals surface area (Å²) in [7, 11) is 0. The number of rotatable bonds is 3. The first kappa shape index (κ1) is 15.7. The van der Waals surface area contributed by atoms with Gasteiger partial charge in [-0.15, -0.1) is 0 Å². The maximum atomic E-state index is 12.8. The molecule has 2 saturated heterocycles. The highest BCUT2D eigenvalue weighted by Gasteiger charge is 2.49. The van der Waals surface area contributed by atoms with E-state index in [-0.39, 0.29) is 30.1 Å². The highest BCUT2D eigenvalue weighted by Crippen LogP contribution is 2.38. The van der Waals surface area contributed by atoms with Gasteiger partial charge in [0.1, 0.15) is 0 Å². The maximum absolute atomic E-state index is 12.8. The van der Waals surface area contributed by atoms with Crippen molar-refractivity contribution in [3.8, 4) is 0 Å². The van der Waals surface area contributed by atoms with Gasteiger partial charge in [0.25, 0.3) is 5.91 Å². The van der Waals surface area contributed by atoms with E-state index in [9.17, 15) is 9.59 Å². The summed E-state index contributed by atoms with van der Waals surface area (Å²) in [6, 6.07) is 11.2. The lowest BCUT2D eigenvalue weighted by atomic mass is 9.95. The van der Waals surface area contributed by atoms with Gasteiger partial charge in [0.2, 0.25) is 0 Å². The molecule has 1 aromatic heterocycles. The molecule has 0 aliphatic carbocycles. The highest BCUT2D eigenvalue weighted by atomic mass is 16.3. The molecule has 0 spiro atoms. The summed E-state index contributed by atoms with van der Waals surface area (Å²) in [5.41, 5.74) is 1.86. The van der Waals surface area contributed by atoms with Gasteiger partial charge in [0, 0.05) is 11.7 Å². The van der Waals surface area contributed by atoms with Crippen molar-refractivity contribution in [2.45, 2.75) is 44.3 Å². The molecule has 3 amide bonds. The standard InChI is InChI=1S/C19H21N3O3/c1-12-5-2-3-6-14(12)21-19(24)22-13-8-9-16(22)15(11-13)20-18(23)17-7-4-10-25-17/h2-7,10,13,15-16H,8-9,11H2,1H3,(H,20,23)(H,21,24)/t13-,15+,16-/m0/s1. The number of hydrogen-bond acceptors (Lipinski definition) is 3. The van der Waals surface area contributed by atoms with E-state index in [4.69, 9.17) is 4.42 Å². The fourth-order valence-electron chi connectivity index (χ4n) is 4.00. The zero-order valence-electron chi connectivity index (χ0n) is 14.1. The number of anilines is 1. The van der Waals surface area contributed by atoms with Crippen LogP contribution in [0.25, 0.3) is 0 Å². The van der Waals surface area contributed by atoms with Crippen LogP contribution in [0.4, 0.5) is 10.5 Å². The largest absolute Gasteiger partial charge is 0.459 e. The van der Waals surface area contributed by atoms with E-state index in [1.54, 1.807) is 12.1 Å². The predicted octanol–water partition coefficient (Wildman–Crippen LogP) is 3.16. The predicted molar refractivity (Wildman–Crippen MR) is 93.4 cm³/mol. The van der Waals surface area contributed by atoms with Crippen LogP contribution in [0.1, 0.15) is 35.4 Å². The summed E-state index contributed by atoms with van der Waals surface area (Å²) in [6.07, 6.45) is 4.17. The van der Waals surface area contributed by atoms with E-state index in [2.05, 4.69) is 10.6 Å². The minimum absolute atomic E-state index is 0.0287. The molecule has 2 N–H and O–H groups in total. The van der Waals surface area contributed by atoms with E-state index >= 15 is 0 Å². The number of furan rings is 1. The van der Waals surface area contributed by atoms with E-state index in [0.717, 1.165) is 30.5 Å². The Bertz CT molecular complexity index is 787. The van der Waals surface area contributed by atoms with Crippen molar-refractivity contribution >= 4 is 17.6 Å². The van der Waals surface area contributed by atoms with Crippen LogP contribution in [-0.4, -0.2) is 35.0 Å². The molecular formula is C19H21N3O3. The number of amides is 3. The Morgan fingerprint density at radius 1 is 1.16 bits per heavy atom. The van der Waals surface area contributed by atoms with Gasteiger partial charge in [-0.25, -0.2) is 4.79 Å². The monoisotopic (exact) mass is 339 g/mol.